The highest BCUT2D eigenvalue weighted by atomic mass is 35.5. The number of rotatable bonds is 3. The Morgan fingerprint density at radius 1 is 1.30 bits per heavy atom. The summed E-state index contributed by atoms with van der Waals surface area (Å²) in [6.45, 7) is 0. The number of aryl methyl sites for hydroxylation is 1. The molecule has 0 saturated heterocycles. The third kappa shape index (κ3) is 2.16. The molecule has 3 aromatic rings. The monoisotopic (exact) mass is 289 g/mol. The topological polar surface area (TPSA) is 70.9 Å². The van der Waals surface area contributed by atoms with E-state index in [4.69, 9.17) is 11.6 Å². The predicted octanol–water partition coefficient (Wildman–Crippen LogP) is 2.20. The molecule has 2 heterocycles. The number of aromatic hydroxyl groups is 1. The molecule has 0 radical (unpaired) electrons. The smallest absolute Gasteiger partial charge is 0.332 e. The van der Waals surface area contributed by atoms with Crippen molar-refractivity contribution in [2.75, 3.05) is 5.88 Å². The van der Waals surface area contributed by atoms with E-state index in [0.717, 1.165) is 5.56 Å². The Labute approximate surface area is 119 Å². The molecule has 0 spiro atoms. The van der Waals surface area contributed by atoms with E-state index in [-0.39, 0.29) is 11.4 Å². The minimum atomic E-state index is -0.263. The second-order valence-electron chi connectivity index (χ2n) is 4.44. The fourth-order valence-corrected chi connectivity index (χ4v) is 2.34. The zero-order valence-electron chi connectivity index (χ0n) is 10.5. The van der Waals surface area contributed by atoms with Crippen LogP contribution in [0.5, 0.6) is 5.75 Å². The van der Waals surface area contributed by atoms with Crippen LogP contribution in [0.4, 0.5) is 0 Å². The van der Waals surface area contributed by atoms with Crippen LogP contribution in [-0.2, 0) is 6.42 Å². The first-order chi connectivity index (χ1) is 9.69. The van der Waals surface area contributed by atoms with Crippen LogP contribution in [0.3, 0.4) is 0 Å². The van der Waals surface area contributed by atoms with Crippen molar-refractivity contribution in [3.8, 4) is 11.4 Å². The maximum absolute atomic E-state index is 12.1. The second kappa shape index (κ2) is 5.02. The molecule has 0 unspecified atom stereocenters. The van der Waals surface area contributed by atoms with Crippen molar-refractivity contribution in [2.45, 2.75) is 6.42 Å². The molecule has 5 nitrogen and oxygen atoms in total. The van der Waals surface area contributed by atoms with Gasteiger partial charge in [0.15, 0.2) is 5.65 Å². The van der Waals surface area contributed by atoms with E-state index in [1.54, 1.807) is 18.3 Å². The lowest BCUT2D eigenvalue weighted by molar-refractivity contribution is 0.475. The zero-order valence-corrected chi connectivity index (χ0v) is 11.3. The molecule has 0 amide bonds. The average Bonchev–Trinajstić information content (AvgIpc) is 2.75. The summed E-state index contributed by atoms with van der Waals surface area (Å²) in [5.74, 6) is 0.662. The molecular formula is C14H12ClN3O2. The lowest BCUT2D eigenvalue weighted by atomic mass is 10.2. The Hall–Kier alpha value is -2.27. The van der Waals surface area contributed by atoms with Crippen molar-refractivity contribution in [3.63, 3.8) is 0 Å². The number of pyridine rings is 1. The Morgan fingerprint density at radius 3 is 2.75 bits per heavy atom. The van der Waals surface area contributed by atoms with Crippen LogP contribution in [0.2, 0.25) is 0 Å². The molecule has 0 aliphatic rings. The minimum Gasteiger partial charge on any atom is -0.508 e. The van der Waals surface area contributed by atoms with Crippen molar-refractivity contribution in [1.82, 2.24) is 14.5 Å². The van der Waals surface area contributed by atoms with Crippen LogP contribution >= 0.6 is 11.6 Å². The summed E-state index contributed by atoms with van der Waals surface area (Å²) in [4.78, 5) is 19.2. The van der Waals surface area contributed by atoms with Crippen molar-refractivity contribution in [1.29, 1.82) is 0 Å². The van der Waals surface area contributed by atoms with Crippen LogP contribution in [-0.4, -0.2) is 25.5 Å². The second-order valence-corrected chi connectivity index (χ2v) is 4.81. The summed E-state index contributed by atoms with van der Waals surface area (Å²) >= 11 is 5.71. The van der Waals surface area contributed by atoms with Crippen molar-refractivity contribution >= 4 is 22.8 Å². The van der Waals surface area contributed by atoms with Gasteiger partial charge in [-0.05, 0) is 42.3 Å². The zero-order chi connectivity index (χ0) is 14.1. The van der Waals surface area contributed by atoms with E-state index < -0.39 is 0 Å². The van der Waals surface area contributed by atoms with E-state index in [2.05, 4.69) is 9.97 Å². The van der Waals surface area contributed by atoms with Crippen molar-refractivity contribution in [2.24, 2.45) is 0 Å². The normalized spacial score (nSPS) is 11.1. The summed E-state index contributed by atoms with van der Waals surface area (Å²) in [6.07, 6.45) is 2.42. The largest absolute Gasteiger partial charge is 0.508 e. The lowest BCUT2D eigenvalue weighted by Crippen LogP contribution is -2.14. The number of phenolic OH excluding ortho intramolecular Hbond substituents is 1. The van der Waals surface area contributed by atoms with Gasteiger partial charge in [-0.25, -0.2) is 14.3 Å². The van der Waals surface area contributed by atoms with Gasteiger partial charge >= 0.3 is 5.69 Å². The van der Waals surface area contributed by atoms with Crippen molar-refractivity contribution in [3.05, 3.63) is 52.6 Å². The maximum Gasteiger partial charge on any atom is 0.332 e. The predicted molar refractivity (Wildman–Crippen MR) is 77.8 cm³/mol. The van der Waals surface area contributed by atoms with E-state index in [0.29, 0.717) is 29.2 Å². The van der Waals surface area contributed by atoms with Gasteiger partial charge in [-0.1, -0.05) is 0 Å². The van der Waals surface area contributed by atoms with E-state index >= 15 is 0 Å². The molecular weight excluding hydrogens is 278 g/mol. The van der Waals surface area contributed by atoms with Gasteiger partial charge in [0.05, 0.1) is 11.2 Å². The van der Waals surface area contributed by atoms with Gasteiger partial charge in [0.1, 0.15) is 5.75 Å². The lowest BCUT2D eigenvalue weighted by Gasteiger charge is -2.03. The molecule has 0 aliphatic carbocycles. The highest BCUT2D eigenvalue weighted by molar-refractivity contribution is 6.18. The summed E-state index contributed by atoms with van der Waals surface area (Å²) < 4.78 is 1.47. The first kappa shape index (κ1) is 12.7. The third-order valence-corrected chi connectivity index (χ3v) is 3.26. The van der Waals surface area contributed by atoms with Crippen LogP contribution in [0.15, 0.2) is 41.3 Å². The fourth-order valence-electron chi connectivity index (χ4n) is 2.13. The number of phenols is 1. The highest BCUT2D eigenvalue weighted by Crippen LogP contribution is 2.17. The number of nitrogens with zero attached hydrogens (tertiary/aromatic N) is 2. The first-order valence-corrected chi connectivity index (χ1v) is 6.67. The van der Waals surface area contributed by atoms with E-state index in [1.165, 1.54) is 16.7 Å². The number of hydrogen-bond donors (Lipinski definition) is 2. The number of benzene rings is 1. The minimum absolute atomic E-state index is 0.152. The molecule has 0 bridgehead atoms. The number of nitrogens with one attached hydrogen (secondary N) is 1. The standard InChI is InChI=1S/C14H12ClN3O2/c15-6-5-9-7-12-13(16-8-9)18(14(20)17-12)10-1-3-11(19)4-2-10/h1-4,7-8,19H,5-6H2,(H,17,20). The summed E-state index contributed by atoms with van der Waals surface area (Å²) in [5, 5.41) is 9.31. The van der Waals surface area contributed by atoms with Gasteiger partial charge in [-0.2, -0.15) is 0 Å². The molecule has 2 N–H and O–H groups in total. The Balaban J connectivity index is 2.18. The van der Waals surface area contributed by atoms with Crippen LogP contribution in [0, 0.1) is 0 Å². The van der Waals surface area contributed by atoms with Gasteiger partial charge in [-0.3, -0.25) is 0 Å². The number of hydrogen-bond acceptors (Lipinski definition) is 3. The number of H-pyrrole nitrogens is 1. The van der Waals surface area contributed by atoms with E-state index in [9.17, 15) is 9.90 Å². The quantitative estimate of drug-likeness (QED) is 0.726. The van der Waals surface area contributed by atoms with Gasteiger partial charge in [0.2, 0.25) is 0 Å². The number of aromatic nitrogens is 3. The molecule has 0 saturated carbocycles. The molecule has 20 heavy (non-hydrogen) atoms. The number of alkyl halides is 1. The summed E-state index contributed by atoms with van der Waals surface area (Å²) in [7, 11) is 0. The van der Waals surface area contributed by atoms with Gasteiger partial charge in [0.25, 0.3) is 0 Å². The molecule has 102 valence electrons. The Kier molecular flexibility index (Phi) is 3.20. The van der Waals surface area contributed by atoms with E-state index in [1.807, 2.05) is 6.07 Å². The van der Waals surface area contributed by atoms with Crippen LogP contribution < -0.4 is 5.69 Å². The van der Waals surface area contributed by atoms with Crippen LogP contribution in [0.25, 0.3) is 16.9 Å². The molecule has 3 rings (SSSR count). The van der Waals surface area contributed by atoms with Gasteiger partial charge in [0, 0.05) is 12.1 Å². The number of imidazole rings is 1. The number of halogens is 1. The third-order valence-electron chi connectivity index (χ3n) is 3.07. The van der Waals surface area contributed by atoms with Crippen molar-refractivity contribution < 1.29 is 5.11 Å². The SMILES string of the molecule is O=c1[nH]c2cc(CCCl)cnc2n1-c1ccc(O)cc1. The fraction of sp³-hybridized carbons (Fsp3) is 0.143. The first-order valence-electron chi connectivity index (χ1n) is 6.14. The molecule has 0 atom stereocenters. The molecule has 0 fully saturated rings. The number of aromatic amines is 1. The molecule has 2 aromatic heterocycles. The van der Waals surface area contributed by atoms with Crippen LogP contribution in [0.1, 0.15) is 5.56 Å². The molecule has 0 aliphatic heterocycles. The maximum atomic E-state index is 12.1. The number of fused-ring (bicyclic) bond motifs is 1. The Bertz CT molecular complexity index is 805. The molecule has 6 heteroatoms. The average molecular weight is 290 g/mol. The Morgan fingerprint density at radius 2 is 2.05 bits per heavy atom. The summed E-state index contributed by atoms with van der Waals surface area (Å²) in [5.41, 5.74) is 2.59. The molecule has 1 aromatic carbocycles. The highest BCUT2D eigenvalue weighted by Gasteiger charge is 2.10. The summed E-state index contributed by atoms with van der Waals surface area (Å²) in [6, 6.07) is 8.27. The van der Waals surface area contributed by atoms with Gasteiger partial charge < -0.3 is 10.1 Å². The van der Waals surface area contributed by atoms with Gasteiger partial charge in [-0.15, -0.1) is 11.6 Å².